The highest BCUT2D eigenvalue weighted by molar-refractivity contribution is 7.20. The summed E-state index contributed by atoms with van der Waals surface area (Å²) in [4.78, 5) is 35.3. The lowest BCUT2D eigenvalue weighted by Crippen LogP contribution is -2.17. The third kappa shape index (κ3) is 4.15. The van der Waals surface area contributed by atoms with Gasteiger partial charge in [0.2, 0.25) is 0 Å². The molecule has 1 aromatic carbocycles. The number of pyridine rings is 2. The van der Waals surface area contributed by atoms with Crippen molar-refractivity contribution >= 4 is 44.7 Å². The molecule has 4 rings (SSSR count). The molecule has 0 aliphatic heterocycles. The fraction of sp³-hybridized carbons (Fsp3) is 0.130. The Balaban J connectivity index is 1.65. The number of anilines is 2. The zero-order chi connectivity index (χ0) is 22.1. The molecule has 0 radical (unpaired) electrons. The Morgan fingerprint density at radius 2 is 1.74 bits per heavy atom. The van der Waals surface area contributed by atoms with Crippen molar-refractivity contribution in [1.82, 2.24) is 9.97 Å². The van der Waals surface area contributed by atoms with Crippen molar-refractivity contribution in [1.29, 1.82) is 0 Å². The second-order valence-electron chi connectivity index (χ2n) is 7.13. The number of nitrogens with one attached hydrogen (secondary N) is 2. The summed E-state index contributed by atoms with van der Waals surface area (Å²) in [6, 6.07) is 10.7. The number of nitrogens with zero attached hydrogens (tertiary/aromatic N) is 2. The Bertz CT molecular complexity index is 1320. The number of rotatable bonds is 4. The van der Waals surface area contributed by atoms with Gasteiger partial charge in [-0.1, -0.05) is 6.07 Å². The van der Waals surface area contributed by atoms with Crippen molar-refractivity contribution in [2.24, 2.45) is 0 Å². The SMILES string of the molecule is Cc1cc(C)c2c(C)c(C(=O)Nc3cc(F)ccc3NC(=O)c3ccccn3)sc2n1. The van der Waals surface area contributed by atoms with Crippen molar-refractivity contribution in [2.45, 2.75) is 20.8 Å². The maximum Gasteiger partial charge on any atom is 0.274 e. The average Bonchev–Trinajstić information content (AvgIpc) is 3.07. The van der Waals surface area contributed by atoms with E-state index >= 15 is 0 Å². The summed E-state index contributed by atoms with van der Waals surface area (Å²) < 4.78 is 13.9. The van der Waals surface area contributed by atoms with Gasteiger partial charge < -0.3 is 10.6 Å². The molecule has 0 fully saturated rings. The highest BCUT2D eigenvalue weighted by atomic mass is 32.1. The summed E-state index contributed by atoms with van der Waals surface area (Å²) in [5.74, 6) is -1.39. The monoisotopic (exact) mass is 434 g/mol. The first kappa shape index (κ1) is 20.6. The van der Waals surface area contributed by atoms with E-state index in [4.69, 9.17) is 0 Å². The normalized spacial score (nSPS) is 10.8. The van der Waals surface area contributed by atoms with Crippen LogP contribution in [0.1, 0.15) is 37.0 Å². The van der Waals surface area contributed by atoms with E-state index in [1.54, 1.807) is 18.2 Å². The lowest BCUT2D eigenvalue weighted by molar-refractivity contribution is 0.101. The third-order valence-electron chi connectivity index (χ3n) is 4.81. The summed E-state index contributed by atoms with van der Waals surface area (Å²) in [5, 5.41) is 6.35. The number of aryl methyl sites for hydroxylation is 3. The van der Waals surface area contributed by atoms with Crippen molar-refractivity contribution in [3.8, 4) is 0 Å². The van der Waals surface area contributed by atoms with E-state index in [2.05, 4.69) is 20.6 Å². The summed E-state index contributed by atoms with van der Waals surface area (Å²) in [6.07, 6.45) is 1.50. The number of fused-ring (bicyclic) bond motifs is 1. The van der Waals surface area contributed by atoms with Gasteiger partial charge in [-0.2, -0.15) is 0 Å². The zero-order valence-corrected chi connectivity index (χ0v) is 17.9. The molecule has 0 aliphatic rings. The smallest absolute Gasteiger partial charge is 0.274 e. The molecule has 3 heterocycles. The number of hydrogen-bond acceptors (Lipinski definition) is 5. The summed E-state index contributed by atoms with van der Waals surface area (Å²) in [5.41, 5.74) is 3.38. The molecule has 0 aliphatic carbocycles. The van der Waals surface area contributed by atoms with Crippen molar-refractivity contribution in [3.63, 3.8) is 0 Å². The highest BCUT2D eigenvalue weighted by Crippen LogP contribution is 2.33. The van der Waals surface area contributed by atoms with Crippen LogP contribution in [0, 0.1) is 26.6 Å². The Labute approximate surface area is 182 Å². The lowest BCUT2D eigenvalue weighted by Gasteiger charge is -2.12. The van der Waals surface area contributed by atoms with Crippen LogP contribution in [0.2, 0.25) is 0 Å². The van der Waals surface area contributed by atoms with Crippen LogP contribution in [0.25, 0.3) is 10.2 Å². The lowest BCUT2D eigenvalue weighted by atomic mass is 10.1. The van der Waals surface area contributed by atoms with Gasteiger partial charge in [0.25, 0.3) is 11.8 Å². The van der Waals surface area contributed by atoms with E-state index in [1.807, 2.05) is 26.8 Å². The molecule has 8 heteroatoms. The van der Waals surface area contributed by atoms with Crippen LogP contribution < -0.4 is 10.6 Å². The number of hydrogen-bond donors (Lipinski definition) is 2. The molecule has 4 aromatic rings. The first-order valence-electron chi connectivity index (χ1n) is 9.54. The Kier molecular flexibility index (Phi) is 5.48. The molecule has 31 heavy (non-hydrogen) atoms. The summed E-state index contributed by atoms with van der Waals surface area (Å²) in [7, 11) is 0. The first-order chi connectivity index (χ1) is 14.8. The van der Waals surface area contributed by atoms with Crippen molar-refractivity contribution in [2.75, 3.05) is 10.6 Å². The van der Waals surface area contributed by atoms with Crippen LogP contribution in [0.3, 0.4) is 0 Å². The van der Waals surface area contributed by atoms with Gasteiger partial charge >= 0.3 is 0 Å². The second kappa shape index (κ2) is 8.23. The third-order valence-corrected chi connectivity index (χ3v) is 5.99. The van der Waals surface area contributed by atoms with E-state index in [1.165, 1.54) is 35.7 Å². The Hall–Kier alpha value is -3.65. The fourth-order valence-corrected chi connectivity index (χ4v) is 4.63. The van der Waals surface area contributed by atoms with Crippen LogP contribution >= 0.6 is 11.3 Å². The molecule has 0 unspecified atom stereocenters. The summed E-state index contributed by atoms with van der Waals surface area (Å²) >= 11 is 1.29. The van der Waals surface area contributed by atoms with E-state index in [-0.39, 0.29) is 17.1 Å². The zero-order valence-electron chi connectivity index (χ0n) is 17.1. The molecule has 0 bridgehead atoms. The van der Waals surface area contributed by atoms with Crippen LogP contribution in [-0.4, -0.2) is 21.8 Å². The molecular formula is C23H19FN4O2S. The number of benzene rings is 1. The molecule has 2 N–H and O–H groups in total. The number of thiophene rings is 1. The number of amides is 2. The van der Waals surface area contributed by atoms with E-state index in [0.29, 0.717) is 4.88 Å². The largest absolute Gasteiger partial charge is 0.319 e. The minimum atomic E-state index is -0.535. The molecule has 0 spiro atoms. The minimum Gasteiger partial charge on any atom is -0.319 e. The molecule has 2 amide bonds. The van der Waals surface area contributed by atoms with Crippen molar-refractivity contribution in [3.05, 3.63) is 81.9 Å². The molecule has 0 saturated heterocycles. The van der Waals surface area contributed by atoms with Gasteiger partial charge in [0, 0.05) is 17.3 Å². The van der Waals surface area contributed by atoms with Gasteiger partial charge in [-0.15, -0.1) is 11.3 Å². The number of aromatic nitrogens is 2. The number of carbonyl (C=O) groups is 2. The van der Waals surface area contributed by atoms with Gasteiger partial charge in [0.05, 0.1) is 16.3 Å². The van der Waals surface area contributed by atoms with Gasteiger partial charge in [-0.25, -0.2) is 9.37 Å². The van der Waals surface area contributed by atoms with Crippen molar-refractivity contribution < 1.29 is 14.0 Å². The summed E-state index contributed by atoms with van der Waals surface area (Å²) in [6.45, 7) is 5.76. The van der Waals surface area contributed by atoms with Crippen LogP contribution in [0.15, 0.2) is 48.7 Å². The average molecular weight is 434 g/mol. The minimum absolute atomic E-state index is 0.159. The predicted octanol–water partition coefficient (Wildman–Crippen LogP) is 5.26. The van der Waals surface area contributed by atoms with Crippen LogP contribution in [-0.2, 0) is 0 Å². The highest BCUT2D eigenvalue weighted by Gasteiger charge is 2.20. The van der Waals surface area contributed by atoms with E-state index in [0.717, 1.165) is 27.0 Å². The van der Waals surface area contributed by atoms with Crippen LogP contribution in [0.4, 0.5) is 15.8 Å². The van der Waals surface area contributed by atoms with E-state index < -0.39 is 17.6 Å². The Morgan fingerprint density at radius 3 is 2.48 bits per heavy atom. The van der Waals surface area contributed by atoms with Gasteiger partial charge in [0.1, 0.15) is 16.3 Å². The van der Waals surface area contributed by atoms with E-state index in [9.17, 15) is 14.0 Å². The molecule has 156 valence electrons. The molecular weight excluding hydrogens is 415 g/mol. The van der Waals surface area contributed by atoms with Gasteiger partial charge in [0.15, 0.2) is 0 Å². The first-order valence-corrected chi connectivity index (χ1v) is 10.4. The van der Waals surface area contributed by atoms with Gasteiger partial charge in [-0.3, -0.25) is 14.6 Å². The van der Waals surface area contributed by atoms with Crippen LogP contribution in [0.5, 0.6) is 0 Å². The fourth-order valence-electron chi connectivity index (χ4n) is 3.43. The second-order valence-corrected chi connectivity index (χ2v) is 8.13. The standard InChI is InChI=1S/C23H19FN4O2S/c1-12-10-13(2)26-23-19(12)14(3)20(31-23)22(30)28-18-11-15(24)7-8-16(18)27-21(29)17-6-4-5-9-25-17/h4-11H,1-3H3,(H,27,29)(H,28,30). The maximum absolute atomic E-state index is 13.9. The quantitative estimate of drug-likeness (QED) is 0.459. The molecule has 0 atom stereocenters. The topological polar surface area (TPSA) is 84.0 Å². The maximum atomic E-state index is 13.9. The Morgan fingerprint density at radius 1 is 0.968 bits per heavy atom. The predicted molar refractivity (Wildman–Crippen MR) is 120 cm³/mol. The molecule has 6 nitrogen and oxygen atoms in total. The number of halogens is 1. The van der Waals surface area contributed by atoms with Gasteiger partial charge in [-0.05, 0) is 68.3 Å². The number of carbonyl (C=O) groups excluding carboxylic acids is 2. The molecule has 3 aromatic heterocycles. The molecule has 0 saturated carbocycles.